The predicted octanol–water partition coefficient (Wildman–Crippen LogP) is 2.88. The van der Waals surface area contributed by atoms with Gasteiger partial charge in [0.2, 0.25) is 5.91 Å². The van der Waals surface area contributed by atoms with Crippen molar-refractivity contribution in [3.05, 3.63) is 29.8 Å². The normalized spacial score (nSPS) is 12.1. The van der Waals surface area contributed by atoms with E-state index in [0.717, 1.165) is 12.1 Å². The molecule has 1 unspecified atom stereocenters. The summed E-state index contributed by atoms with van der Waals surface area (Å²) in [6, 6.07) is 8.30. The predicted molar refractivity (Wildman–Crippen MR) is 80.2 cm³/mol. The molecule has 0 spiro atoms. The van der Waals surface area contributed by atoms with Crippen molar-refractivity contribution in [2.24, 2.45) is 0 Å². The molecule has 18 heavy (non-hydrogen) atoms. The molecule has 3 nitrogen and oxygen atoms in total. The molecule has 1 atom stereocenters. The highest BCUT2D eigenvalue weighted by molar-refractivity contribution is 9.10. The first-order valence-electron chi connectivity index (χ1n) is 6.14. The van der Waals surface area contributed by atoms with E-state index in [1.165, 1.54) is 5.69 Å². The monoisotopic (exact) mass is 312 g/mol. The van der Waals surface area contributed by atoms with Gasteiger partial charge in [0.1, 0.15) is 0 Å². The van der Waals surface area contributed by atoms with Gasteiger partial charge in [0, 0.05) is 32.9 Å². The number of halogens is 1. The van der Waals surface area contributed by atoms with Crippen molar-refractivity contribution in [2.75, 3.05) is 25.5 Å². The van der Waals surface area contributed by atoms with Crippen LogP contribution in [0.3, 0.4) is 0 Å². The third-order valence-corrected chi connectivity index (χ3v) is 3.25. The molecule has 0 aliphatic carbocycles. The van der Waals surface area contributed by atoms with Crippen LogP contribution >= 0.6 is 15.9 Å². The van der Waals surface area contributed by atoms with Crippen LogP contribution in [0.4, 0.5) is 5.69 Å². The minimum absolute atomic E-state index is 0.126. The molecule has 0 aliphatic heterocycles. The molecular weight excluding hydrogens is 292 g/mol. The average molecular weight is 313 g/mol. The van der Waals surface area contributed by atoms with E-state index in [9.17, 15) is 4.79 Å². The van der Waals surface area contributed by atoms with Gasteiger partial charge < -0.3 is 9.80 Å². The average Bonchev–Trinajstić information content (AvgIpc) is 2.35. The summed E-state index contributed by atoms with van der Waals surface area (Å²) in [5.74, 6) is 0.134. The molecule has 1 aromatic carbocycles. The Labute approximate surface area is 118 Å². The molecule has 0 saturated carbocycles. The van der Waals surface area contributed by atoms with Crippen LogP contribution in [0.5, 0.6) is 0 Å². The van der Waals surface area contributed by atoms with Crippen molar-refractivity contribution in [3.63, 3.8) is 0 Å². The summed E-state index contributed by atoms with van der Waals surface area (Å²) in [6.45, 7) is 5.25. The van der Waals surface area contributed by atoms with Crippen LogP contribution in [-0.2, 0) is 11.3 Å². The maximum Gasteiger partial charge on any atom is 0.236 e. The number of carbonyl (C=O) groups is 1. The van der Waals surface area contributed by atoms with Crippen molar-refractivity contribution in [2.45, 2.75) is 25.2 Å². The Morgan fingerprint density at radius 2 is 1.83 bits per heavy atom. The first kappa shape index (κ1) is 15.0. The summed E-state index contributed by atoms with van der Waals surface area (Å²) in [5, 5.41) is 0. The number of rotatable bonds is 5. The SMILES string of the molecule is CCN(Cc1ccc(N(C)C)cc1)C(=O)C(C)Br. The van der Waals surface area contributed by atoms with Gasteiger partial charge in [-0.25, -0.2) is 0 Å². The lowest BCUT2D eigenvalue weighted by molar-refractivity contribution is -0.130. The molecule has 1 aromatic rings. The van der Waals surface area contributed by atoms with Crippen LogP contribution < -0.4 is 4.90 Å². The Morgan fingerprint density at radius 3 is 2.22 bits per heavy atom. The van der Waals surface area contributed by atoms with Gasteiger partial charge >= 0.3 is 0 Å². The molecule has 0 heterocycles. The van der Waals surface area contributed by atoms with E-state index in [0.29, 0.717) is 6.54 Å². The molecule has 0 fully saturated rings. The summed E-state index contributed by atoms with van der Waals surface area (Å²) >= 11 is 3.33. The maximum atomic E-state index is 11.9. The molecule has 4 heteroatoms. The van der Waals surface area contributed by atoms with Gasteiger partial charge in [-0.05, 0) is 31.5 Å². The van der Waals surface area contributed by atoms with Crippen LogP contribution in [0, 0.1) is 0 Å². The Hall–Kier alpha value is -1.03. The first-order chi connectivity index (χ1) is 8.45. The quantitative estimate of drug-likeness (QED) is 0.781. The third kappa shape index (κ3) is 4.02. The summed E-state index contributed by atoms with van der Waals surface area (Å²) in [4.78, 5) is 15.7. The van der Waals surface area contributed by atoms with Crippen LogP contribution in [0.25, 0.3) is 0 Å². The number of nitrogens with zero attached hydrogens (tertiary/aromatic N) is 2. The zero-order valence-electron chi connectivity index (χ0n) is 11.5. The first-order valence-corrected chi connectivity index (χ1v) is 7.06. The molecule has 1 rings (SSSR count). The highest BCUT2D eigenvalue weighted by Gasteiger charge is 2.16. The lowest BCUT2D eigenvalue weighted by Crippen LogP contribution is -2.34. The smallest absolute Gasteiger partial charge is 0.236 e. The molecule has 100 valence electrons. The molecule has 0 radical (unpaired) electrons. The van der Waals surface area contributed by atoms with Crippen molar-refractivity contribution in [3.8, 4) is 0 Å². The van der Waals surface area contributed by atoms with Gasteiger partial charge in [-0.1, -0.05) is 28.1 Å². The van der Waals surface area contributed by atoms with E-state index in [2.05, 4.69) is 45.1 Å². The molecule has 1 amide bonds. The highest BCUT2D eigenvalue weighted by Crippen LogP contribution is 2.15. The van der Waals surface area contributed by atoms with Gasteiger partial charge in [-0.3, -0.25) is 4.79 Å². The number of hydrogen-bond acceptors (Lipinski definition) is 2. The fraction of sp³-hybridized carbons (Fsp3) is 0.500. The van der Waals surface area contributed by atoms with E-state index in [4.69, 9.17) is 0 Å². The molecule has 0 bridgehead atoms. The van der Waals surface area contributed by atoms with Gasteiger partial charge in [0.05, 0.1) is 4.83 Å². The van der Waals surface area contributed by atoms with Crippen LogP contribution in [0.2, 0.25) is 0 Å². The lowest BCUT2D eigenvalue weighted by Gasteiger charge is -2.22. The lowest BCUT2D eigenvalue weighted by atomic mass is 10.2. The van der Waals surface area contributed by atoms with Crippen molar-refractivity contribution >= 4 is 27.5 Å². The second-order valence-corrected chi connectivity index (χ2v) is 5.90. The Morgan fingerprint density at radius 1 is 1.28 bits per heavy atom. The number of anilines is 1. The fourth-order valence-electron chi connectivity index (χ4n) is 1.72. The van der Waals surface area contributed by atoms with E-state index in [1.807, 2.05) is 32.8 Å². The minimum Gasteiger partial charge on any atom is -0.378 e. The largest absolute Gasteiger partial charge is 0.378 e. The second-order valence-electron chi connectivity index (χ2n) is 4.53. The topological polar surface area (TPSA) is 23.6 Å². The molecule has 0 saturated heterocycles. The van der Waals surface area contributed by atoms with Crippen molar-refractivity contribution in [1.29, 1.82) is 0 Å². The maximum absolute atomic E-state index is 11.9. The third-order valence-electron chi connectivity index (χ3n) is 2.86. The second kappa shape index (κ2) is 6.78. The highest BCUT2D eigenvalue weighted by atomic mass is 79.9. The minimum atomic E-state index is -0.126. The van der Waals surface area contributed by atoms with Gasteiger partial charge in [0.15, 0.2) is 0 Å². The van der Waals surface area contributed by atoms with Crippen LogP contribution in [0.1, 0.15) is 19.4 Å². The van der Waals surface area contributed by atoms with Crippen LogP contribution in [-0.4, -0.2) is 36.3 Å². The Kier molecular flexibility index (Phi) is 5.66. The number of alkyl halides is 1. The van der Waals surface area contributed by atoms with Gasteiger partial charge in [-0.2, -0.15) is 0 Å². The summed E-state index contributed by atoms with van der Waals surface area (Å²) in [7, 11) is 4.03. The van der Waals surface area contributed by atoms with Crippen molar-refractivity contribution < 1.29 is 4.79 Å². The van der Waals surface area contributed by atoms with E-state index >= 15 is 0 Å². The standard InChI is InChI=1S/C14H21BrN2O/c1-5-17(14(18)11(2)15)10-12-6-8-13(9-7-12)16(3)4/h6-9,11H,5,10H2,1-4H3. The zero-order valence-corrected chi connectivity index (χ0v) is 13.1. The Bertz CT molecular complexity index is 387. The molecular formula is C14H21BrN2O. The number of benzene rings is 1. The van der Waals surface area contributed by atoms with Crippen LogP contribution in [0.15, 0.2) is 24.3 Å². The zero-order chi connectivity index (χ0) is 13.7. The van der Waals surface area contributed by atoms with E-state index < -0.39 is 0 Å². The molecule has 0 aliphatic rings. The van der Waals surface area contributed by atoms with Crippen molar-refractivity contribution in [1.82, 2.24) is 4.90 Å². The van der Waals surface area contributed by atoms with E-state index in [-0.39, 0.29) is 10.7 Å². The number of amides is 1. The van der Waals surface area contributed by atoms with Gasteiger partial charge in [-0.15, -0.1) is 0 Å². The summed E-state index contributed by atoms with van der Waals surface area (Å²) in [6.07, 6.45) is 0. The molecule has 0 N–H and O–H groups in total. The number of carbonyl (C=O) groups excluding carboxylic acids is 1. The molecule has 0 aromatic heterocycles. The fourth-order valence-corrected chi connectivity index (χ4v) is 2.01. The van der Waals surface area contributed by atoms with Gasteiger partial charge in [0.25, 0.3) is 0 Å². The number of hydrogen-bond donors (Lipinski definition) is 0. The summed E-state index contributed by atoms with van der Waals surface area (Å²) < 4.78 is 0. The summed E-state index contributed by atoms with van der Waals surface area (Å²) in [5.41, 5.74) is 2.32. The van der Waals surface area contributed by atoms with E-state index in [1.54, 1.807) is 0 Å². The Balaban J connectivity index is 2.73.